The van der Waals surface area contributed by atoms with E-state index in [-0.39, 0.29) is 5.91 Å². The number of nitrogens with one attached hydrogen (secondary N) is 1. The number of amides is 1. The van der Waals surface area contributed by atoms with Crippen molar-refractivity contribution in [1.29, 1.82) is 0 Å². The maximum Gasteiger partial charge on any atom is 0.254 e. The molecule has 0 spiro atoms. The summed E-state index contributed by atoms with van der Waals surface area (Å²) in [5.41, 5.74) is 3.27. The monoisotopic (exact) mass is 228 g/mol. The zero-order valence-corrected chi connectivity index (χ0v) is 9.99. The van der Waals surface area contributed by atoms with E-state index in [1.807, 2.05) is 18.2 Å². The predicted octanol–water partition coefficient (Wildman–Crippen LogP) is 1.04. The summed E-state index contributed by atoms with van der Waals surface area (Å²) in [5.74, 6) is 2.46. The van der Waals surface area contributed by atoms with E-state index in [2.05, 4.69) is 11.2 Å². The van der Waals surface area contributed by atoms with E-state index in [9.17, 15) is 4.79 Å². The van der Waals surface area contributed by atoms with Gasteiger partial charge in [-0.25, -0.2) is 0 Å². The number of carbonyl (C=O) groups is 1. The fourth-order valence-corrected chi connectivity index (χ4v) is 2.04. The van der Waals surface area contributed by atoms with Gasteiger partial charge in [-0.3, -0.25) is 4.79 Å². The number of benzene rings is 1. The van der Waals surface area contributed by atoms with Crippen molar-refractivity contribution in [3.8, 4) is 12.3 Å². The smallest absolute Gasteiger partial charge is 0.254 e. The van der Waals surface area contributed by atoms with Crippen LogP contribution in [0.5, 0.6) is 0 Å². The average molecular weight is 228 g/mol. The highest BCUT2D eigenvalue weighted by Crippen LogP contribution is 2.16. The van der Waals surface area contributed by atoms with E-state index >= 15 is 0 Å². The Kier molecular flexibility index (Phi) is 3.46. The van der Waals surface area contributed by atoms with Gasteiger partial charge in [0, 0.05) is 19.2 Å². The SMILES string of the molecule is C#CCN(C)C(=O)c1ccc2c(c1)CNCC2. The maximum absolute atomic E-state index is 12.0. The molecule has 2 rings (SSSR count). The van der Waals surface area contributed by atoms with Crippen molar-refractivity contribution in [2.24, 2.45) is 0 Å². The van der Waals surface area contributed by atoms with Gasteiger partial charge in [0.2, 0.25) is 0 Å². The molecule has 17 heavy (non-hydrogen) atoms. The number of rotatable bonds is 2. The summed E-state index contributed by atoms with van der Waals surface area (Å²) in [6, 6.07) is 5.91. The quantitative estimate of drug-likeness (QED) is 0.767. The van der Waals surface area contributed by atoms with E-state index in [4.69, 9.17) is 6.42 Å². The van der Waals surface area contributed by atoms with Gasteiger partial charge in [-0.1, -0.05) is 12.0 Å². The molecule has 0 saturated carbocycles. The molecule has 0 atom stereocenters. The summed E-state index contributed by atoms with van der Waals surface area (Å²) in [6.45, 7) is 2.20. The largest absolute Gasteiger partial charge is 0.331 e. The third kappa shape index (κ3) is 2.48. The van der Waals surface area contributed by atoms with Crippen LogP contribution >= 0.6 is 0 Å². The first-order chi connectivity index (χ1) is 8.22. The van der Waals surface area contributed by atoms with Gasteiger partial charge in [-0.05, 0) is 36.2 Å². The highest BCUT2D eigenvalue weighted by Gasteiger charge is 2.14. The van der Waals surface area contributed by atoms with Gasteiger partial charge in [-0.15, -0.1) is 6.42 Å². The van der Waals surface area contributed by atoms with Gasteiger partial charge < -0.3 is 10.2 Å². The van der Waals surface area contributed by atoms with E-state index < -0.39 is 0 Å². The zero-order chi connectivity index (χ0) is 12.3. The van der Waals surface area contributed by atoms with E-state index in [0.717, 1.165) is 19.5 Å². The summed E-state index contributed by atoms with van der Waals surface area (Å²) in [6.07, 6.45) is 6.23. The highest BCUT2D eigenvalue weighted by molar-refractivity contribution is 5.94. The van der Waals surface area contributed by atoms with Crippen molar-refractivity contribution in [3.05, 3.63) is 34.9 Å². The lowest BCUT2D eigenvalue weighted by Crippen LogP contribution is -2.28. The molecule has 0 bridgehead atoms. The van der Waals surface area contributed by atoms with Crippen molar-refractivity contribution in [1.82, 2.24) is 10.2 Å². The molecule has 1 aliphatic heterocycles. The molecule has 0 fully saturated rings. The topological polar surface area (TPSA) is 32.3 Å². The Hall–Kier alpha value is -1.79. The van der Waals surface area contributed by atoms with Crippen LogP contribution in [0.15, 0.2) is 18.2 Å². The van der Waals surface area contributed by atoms with Crippen molar-refractivity contribution in [3.63, 3.8) is 0 Å². The van der Waals surface area contributed by atoms with Crippen molar-refractivity contribution < 1.29 is 4.79 Å². The number of hydrogen-bond donors (Lipinski definition) is 1. The van der Waals surface area contributed by atoms with Crippen LogP contribution in [-0.4, -0.2) is 30.9 Å². The number of carbonyl (C=O) groups excluding carboxylic acids is 1. The van der Waals surface area contributed by atoms with Gasteiger partial charge in [-0.2, -0.15) is 0 Å². The second-order valence-electron chi connectivity index (χ2n) is 4.28. The third-order valence-corrected chi connectivity index (χ3v) is 3.01. The molecule has 1 N–H and O–H groups in total. The van der Waals surface area contributed by atoms with E-state index in [0.29, 0.717) is 12.1 Å². The molecule has 1 aliphatic rings. The van der Waals surface area contributed by atoms with Crippen LogP contribution in [0.2, 0.25) is 0 Å². The van der Waals surface area contributed by atoms with Gasteiger partial charge in [0.1, 0.15) is 0 Å². The van der Waals surface area contributed by atoms with Crippen LogP contribution in [0.4, 0.5) is 0 Å². The summed E-state index contributed by atoms with van der Waals surface area (Å²) >= 11 is 0. The minimum atomic E-state index is -0.0173. The van der Waals surface area contributed by atoms with Crippen LogP contribution < -0.4 is 5.32 Å². The standard InChI is InChI=1S/C14H16N2O/c1-3-8-16(2)14(17)12-5-4-11-6-7-15-10-13(11)9-12/h1,4-5,9,15H,6-8,10H2,2H3. The fourth-order valence-electron chi connectivity index (χ4n) is 2.04. The lowest BCUT2D eigenvalue weighted by Gasteiger charge is -2.19. The molecule has 0 aliphatic carbocycles. The molecular weight excluding hydrogens is 212 g/mol. The summed E-state index contributed by atoms with van der Waals surface area (Å²) in [5, 5.41) is 3.30. The first-order valence-electron chi connectivity index (χ1n) is 5.74. The lowest BCUT2D eigenvalue weighted by molar-refractivity contribution is 0.0812. The highest BCUT2D eigenvalue weighted by atomic mass is 16.2. The van der Waals surface area contributed by atoms with Crippen molar-refractivity contribution >= 4 is 5.91 Å². The molecule has 1 aromatic carbocycles. The first kappa shape index (κ1) is 11.7. The molecule has 88 valence electrons. The number of fused-ring (bicyclic) bond motifs is 1. The Morgan fingerprint density at radius 2 is 2.35 bits per heavy atom. The second kappa shape index (κ2) is 5.03. The number of terminal acetylenes is 1. The molecule has 1 amide bonds. The molecule has 0 unspecified atom stereocenters. The second-order valence-corrected chi connectivity index (χ2v) is 4.28. The zero-order valence-electron chi connectivity index (χ0n) is 9.99. The van der Waals surface area contributed by atoms with Crippen LogP contribution in [0.3, 0.4) is 0 Å². The minimum Gasteiger partial charge on any atom is -0.331 e. The summed E-state index contributed by atoms with van der Waals surface area (Å²) < 4.78 is 0. The number of nitrogens with zero attached hydrogens (tertiary/aromatic N) is 1. The van der Waals surface area contributed by atoms with Crippen molar-refractivity contribution in [2.45, 2.75) is 13.0 Å². The molecular formula is C14H16N2O. The molecule has 1 heterocycles. The van der Waals surface area contributed by atoms with Crippen LogP contribution in [0.1, 0.15) is 21.5 Å². The van der Waals surface area contributed by atoms with Gasteiger partial charge >= 0.3 is 0 Å². The average Bonchev–Trinajstić information content (AvgIpc) is 2.37. The molecule has 3 nitrogen and oxygen atoms in total. The molecule has 1 aromatic rings. The predicted molar refractivity (Wildman–Crippen MR) is 67.6 cm³/mol. The van der Waals surface area contributed by atoms with Crippen LogP contribution in [0, 0.1) is 12.3 Å². The Morgan fingerprint density at radius 1 is 1.53 bits per heavy atom. The van der Waals surface area contributed by atoms with E-state index in [1.54, 1.807) is 11.9 Å². The molecule has 0 radical (unpaired) electrons. The molecule has 0 aromatic heterocycles. The van der Waals surface area contributed by atoms with Gasteiger partial charge in [0.25, 0.3) is 5.91 Å². The normalized spacial score (nSPS) is 13.6. The summed E-state index contributed by atoms with van der Waals surface area (Å²) in [7, 11) is 1.72. The minimum absolute atomic E-state index is 0.0173. The Labute approximate surface area is 102 Å². The van der Waals surface area contributed by atoms with Crippen molar-refractivity contribution in [2.75, 3.05) is 20.1 Å². The molecule has 0 saturated heterocycles. The van der Waals surface area contributed by atoms with Crippen LogP contribution in [-0.2, 0) is 13.0 Å². The maximum atomic E-state index is 12.0. The van der Waals surface area contributed by atoms with Gasteiger partial charge in [0.15, 0.2) is 0 Å². The third-order valence-electron chi connectivity index (χ3n) is 3.01. The Balaban J connectivity index is 2.22. The lowest BCUT2D eigenvalue weighted by atomic mass is 9.98. The Morgan fingerprint density at radius 3 is 3.12 bits per heavy atom. The fraction of sp³-hybridized carbons (Fsp3) is 0.357. The Bertz CT molecular complexity index is 474. The first-order valence-corrected chi connectivity index (χ1v) is 5.74. The number of hydrogen-bond acceptors (Lipinski definition) is 2. The summed E-state index contributed by atoms with van der Waals surface area (Å²) in [4.78, 5) is 13.6. The van der Waals surface area contributed by atoms with Gasteiger partial charge in [0.05, 0.1) is 6.54 Å². The van der Waals surface area contributed by atoms with Crippen LogP contribution in [0.25, 0.3) is 0 Å². The molecule has 3 heteroatoms. The van der Waals surface area contributed by atoms with E-state index in [1.165, 1.54) is 11.1 Å².